The van der Waals surface area contributed by atoms with Gasteiger partial charge in [0.1, 0.15) is 0 Å². The van der Waals surface area contributed by atoms with E-state index in [1.54, 1.807) is 0 Å². The van der Waals surface area contributed by atoms with Crippen LogP contribution in [0.3, 0.4) is 0 Å². The van der Waals surface area contributed by atoms with E-state index in [0.717, 1.165) is 6.92 Å². The number of carboxylic acids is 1. The number of hydrogen-bond donors (Lipinski definition) is 1. The third kappa shape index (κ3) is 17.7. The summed E-state index contributed by atoms with van der Waals surface area (Å²) in [5, 5.41) is 7.42. The molecule has 0 bridgehead atoms. The maximum absolute atomic E-state index is 9.00. The van der Waals surface area contributed by atoms with Crippen LogP contribution in [-0.2, 0) is 32.5 Å². The van der Waals surface area contributed by atoms with Crippen LogP contribution in [0.4, 0.5) is 0 Å². The van der Waals surface area contributed by atoms with Crippen molar-refractivity contribution < 1.29 is 37.6 Å². The van der Waals surface area contributed by atoms with Crippen molar-refractivity contribution in [1.82, 2.24) is 0 Å². The van der Waals surface area contributed by atoms with E-state index in [0.29, 0.717) is 0 Å². The summed E-state index contributed by atoms with van der Waals surface area (Å²) in [4.78, 5) is 9.00. The molecule has 0 atom stereocenters. The smallest absolute Gasteiger partial charge is 0.300 e. The number of rotatable bonds is 0. The topological polar surface area (TPSA) is 37.3 Å². The average molecular weight is 339 g/mol. The summed E-state index contributed by atoms with van der Waals surface area (Å²) >= 11 is 0. The Morgan fingerprint density at radius 3 is 1.18 bits per heavy atom. The molecule has 1 rings (SSSR count). The summed E-state index contributed by atoms with van der Waals surface area (Å²) in [6.07, 6.45) is 0. The first-order valence-corrected chi connectivity index (χ1v) is 2.93. The van der Waals surface area contributed by atoms with Crippen LogP contribution >= 0.6 is 0 Å². The zero-order chi connectivity index (χ0) is 7.82. The Morgan fingerprint density at radius 1 is 1.00 bits per heavy atom. The van der Waals surface area contributed by atoms with Crippen LogP contribution in [0, 0.1) is 0 Å². The zero-order valence-corrected chi connectivity index (χ0v) is 12.0. The van der Waals surface area contributed by atoms with E-state index in [2.05, 4.69) is 0 Å². The number of aliphatic carboxylic acids is 1. The molecule has 11 heavy (non-hydrogen) atoms. The van der Waals surface area contributed by atoms with Crippen LogP contribution in [0.5, 0.6) is 0 Å². The second kappa shape index (κ2) is 9.63. The van der Waals surface area contributed by atoms with E-state index in [-0.39, 0.29) is 27.7 Å². The quantitative estimate of drug-likeness (QED) is 0.732. The van der Waals surface area contributed by atoms with E-state index >= 15 is 0 Å². The monoisotopic (exact) mass is 340 g/mol. The minimum Gasteiger partial charge on any atom is -0.481 e. The maximum atomic E-state index is 9.00. The van der Waals surface area contributed by atoms with Crippen LogP contribution < -0.4 is 0 Å². The maximum Gasteiger partial charge on any atom is 0.300 e. The second-order valence-corrected chi connectivity index (χ2v) is 1.67. The van der Waals surface area contributed by atoms with Gasteiger partial charge in [-0.1, -0.05) is 36.4 Å². The van der Waals surface area contributed by atoms with E-state index in [9.17, 15) is 0 Å². The Kier molecular flexibility index (Phi) is 11.6. The summed E-state index contributed by atoms with van der Waals surface area (Å²) < 4.78 is 0. The van der Waals surface area contributed by atoms with Gasteiger partial charge < -0.3 is 5.11 Å². The van der Waals surface area contributed by atoms with Crippen molar-refractivity contribution >= 4 is 5.97 Å². The van der Waals surface area contributed by atoms with Crippen molar-refractivity contribution in [3.05, 3.63) is 36.4 Å². The van der Waals surface area contributed by atoms with Gasteiger partial charge in [0.2, 0.25) is 0 Å². The van der Waals surface area contributed by atoms with Crippen molar-refractivity contribution in [1.29, 1.82) is 0 Å². The molecule has 1 N–H and O–H groups in total. The molecule has 0 saturated carbocycles. The summed E-state index contributed by atoms with van der Waals surface area (Å²) in [5.41, 5.74) is 0. The minimum absolute atomic E-state index is 0. The molecule has 0 aliphatic heterocycles. The number of benzene rings is 1. The van der Waals surface area contributed by atoms with Gasteiger partial charge in [0, 0.05) is 34.6 Å². The Labute approximate surface area is 86.8 Å². The molecule has 0 aliphatic rings. The van der Waals surface area contributed by atoms with E-state index in [4.69, 9.17) is 9.90 Å². The van der Waals surface area contributed by atoms with Gasteiger partial charge in [0.15, 0.2) is 0 Å². The SMILES string of the molecule is CC(=O)O.[Hg].c1ccccc1. The van der Waals surface area contributed by atoms with E-state index in [1.165, 1.54) is 0 Å². The summed E-state index contributed by atoms with van der Waals surface area (Å²) in [7, 11) is 0. The molecule has 56 valence electrons. The first kappa shape index (κ1) is 13.2. The summed E-state index contributed by atoms with van der Waals surface area (Å²) in [6, 6.07) is 12.0. The van der Waals surface area contributed by atoms with Crippen molar-refractivity contribution in [2.24, 2.45) is 0 Å². The Hall–Kier alpha value is -0.375. The van der Waals surface area contributed by atoms with Gasteiger partial charge >= 0.3 is 0 Å². The fourth-order valence-corrected chi connectivity index (χ4v) is 0.385. The van der Waals surface area contributed by atoms with Crippen molar-refractivity contribution in [3.63, 3.8) is 0 Å². The molecular formula is C8H10HgO2. The van der Waals surface area contributed by atoms with Gasteiger partial charge in [-0.05, 0) is 0 Å². The van der Waals surface area contributed by atoms with Gasteiger partial charge in [0.25, 0.3) is 5.97 Å². The van der Waals surface area contributed by atoms with Crippen LogP contribution in [-0.4, -0.2) is 11.1 Å². The van der Waals surface area contributed by atoms with Crippen LogP contribution in [0.1, 0.15) is 6.92 Å². The van der Waals surface area contributed by atoms with Crippen molar-refractivity contribution in [3.8, 4) is 0 Å². The molecular weight excluding hydrogens is 329 g/mol. The minimum atomic E-state index is -0.833. The van der Waals surface area contributed by atoms with E-state index < -0.39 is 5.97 Å². The van der Waals surface area contributed by atoms with Gasteiger partial charge in [-0.3, -0.25) is 4.79 Å². The molecule has 2 nitrogen and oxygen atoms in total. The molecule has 0 amide bonds. The van der Waals surface area contributed by atoms with Gasteiger partial charge in [0.05, 0.1) is 0 Å². The molecule has 0 radical (unpaired) electrons. The number of hydrogen-bond acceptors (Lipinski definition) is 1. The number of carbonyl (C=O) groups is 1. The van der Waals surface area contributed by atoms with Gasteiger partial charge in [-0.15, -0.1) is 0 Å². The van der Waals surface area contributed by atoms with Crippen LogP contribution in [0.25, 0.3) is 0 Å². The zero-order valence-electron chi connectivity index (χ0n) is 6.53. The molecule has 3 heteroatoms. The predicted octanol–water partition coefficient (Wildman–Crippen LogP) is 1.77. The Morgan fingerprint density at radius 2 is 1.09 bits per heavy atom. The Balaban J connectivity index is 0. The van der Waals surface area contributed by atoms with Gasteiger partial charge in [-0.25, -0.2) is 0 Å². The average Bonchev–Trinajstić information content (AvgIpc) is 1.90. The molecule has 0 saturated heterocycles. The summed E-state index contributed by atoms with van der Waals surface area (Å²) in [5.74, 6) is -0.833. The van der Waals surface area contributed by atoms with Crippen LogP contribution in [0.2, 0.25) is 0 Å². The number of carboxylic acid groups (broad SMARTS) is 1. The standard InChI is InChI=1S/C6H6.C2H4O2.Hg/c1-2-4-6-5-3-1;1-2(3)4;/h1-6H;1H3,(H,3,4);. The third-order valence-corrected chi connectivity index (χ3v) is 0.667. The van der Waals surface area contributed by atoms with Crippen molar-refractivity contribution in [2.45, 2.75) is 6.92 Å². The second-order valence-electron chi connectivity index (χ2n) is 1.67. The summed E-state index contributed by atoms with van der Waals surface area (Å²) in [6.45, 7) is 1.08. The largest absolute Gasteiger partial charge is 0.481 e. The third-order valence-electron chi connectivity index (χ3n) is 0.667. The first-order chi connectivity index (χ1) is 4.73. The van der Waals surface area contributed by atoms with Gasteiger partial charge in [-0.2, -0.15) is 0 Å². The molecule has 0 spiro atoms. The molecule has 0 heterocycles. The fourth-order valence-electron chi connectivity index (χ4n) is 0.385. The molecule has 0 unspecified atom stereocenters. The predicted molar refractivity (Wildman–Crippen MR) is 39.8 cm³/mol. The first-order valence-electron chi connectivity index (χ1n) is 2.93. The van der Waals surface area contributed by atoms with Crippen molar-refractivity contribution in [2.75, 3.05) is 0 Å². The van der Waals surface area contributed by atoms with Crippen LogP contribution in [0.15, 0.2) is 36.4 Å². The normalized spacial score (nSPS) is 6.64. The molecule has 1 aromatic rings. The fraction of sp³-hybridized carbons (Fsp3) is 0.125. The molecule has 0 fully saturated rings. The molecule has 0 aromatic heterocycles. The van der Waals surface area contributed by atoms with E-state index in [1.807, 2.05) is 36.4 Å². The molecule has 0 aliphatic carbocycles. The Bertz CT molecular complexity index is 144. The molecule has 1 aromatic carbocycles.